The van der Waals surface area contributed by atoms with E-state index in [1.54, 1.807) is 12.1 Å². The van der Waals surface area contributed by atoms with Gasteiger partial charge >= 0.3 is 0 Å². The number of hydrogen-bond acceptors (Lipinski definition) is 4. The summed E-state index contributed by atoms with van der Waals surface area (Å²) in [5.41, 5.74) is 1.78. The van der Waals surface area contributed by atoms with Gasteiger partial charge in [0, 0.05) is 18.3 Å². The summed E-state index contributed by atoms with van der Waals surface area (Å²) in [7, 11) is 0. The molecule has 0 amide bonds. The molecule has 0 saturated carbocycles. The molecule has 4 nitrogen and oxygen atoms in total. The lowest BCUT2D eigenvalue weighted by Gasteiger charge is -2.11. The zero-order valence-corrected chi connectivity index (χ0v) is 12.6. The standard InChI is InChI=1S/C16H20FN3O/c1-11(2)21-15-9-12(3)19-16(20-15)18-8-7-13-5-4-6-14(17)10-13/h4-6,9-11H,7-8H2,1-3H3,(H,18,19,20). The topological polar surface area (TPSA) is 47.0 Å². The van der Waals surface area contributed by atoms with Gasteiger partial charge in [-0.3, -0.25) is 0 Å². The first-order chi connectivity index (χ1) is 10.0. The predicted molar refractivity (Wildman–Crippen MR) is 81.1 cm³/mol. The molecule has 0 spiro atoms. The van der Waals surface area contributed by atoms with Crippen LogP contribution in [0.25, 0.3) is 0 Å². The van der Waals surface area contributed by atoms with Crippen molar-refractivity contribution in [3.05, 3.63) is 47.4 Å². The molecule has 0 fully saturated rings. The molecule has 21 heavy (non-hydrogen) atoms. The molecule has 1 N–H and O–H groups in total. The number of rotatable bonds is 6. The molecule has 0 radical (unpaired) electrons. The van der Waals surface area contributed by atoms with E-state index in [0.717, 1.165) is 11.3 Å². The van der Waals surface area contributed by atoms with Crippen LogP contribution in [0, 0.1) is 12.7 Å². The minimum absolute atomic E-state index is 0.0689. The molecule has 112 valence electrons. The first-order valence-corrected chi connectivity index (χ1v) is 7.03. The summed E-state index contributed by atoms with van der Waals surface area (Å²) in [6.07, 6.45) is 0.773. The number of ether oxygens (including phenoxy) is 1. The molecular formula is C16H20FN3O. The second-order valence-corrected chi connectivity index (χ2v) is 5.14. The fourth-order valence-electron chi connectivity index (χ4n) is 1.93. The number of benzene rings is 1. The first-order valence-electron chi connectivity index (χ1n) is 7.03. The van der Waals surface area contributed by atoms with Crippen LogP contribution < -0.4 is 10.1 Å². The molecule has 1 heterocycles. The Hall–Kier alpha value is -2.17. The maximum Gasteiger partial charge on any atom is 0.226 e. The maximum atomic E-state index is 13.1. The Kier molecular flexibility index (Phi) is 5.09. The molecule has 0 aliphatic rings. The SMILES string of the molecule is Cc1cc(OC(C)C)nc(NCCc2cccc(F)c2)n1. The number of nitrogens with one attached hydrogen (secondary N) is 1. The highest BCUT2D eigenvalue weighted by Crippen LogP contribution is 2.13. The normalized spacial score (nSPS) is 10.7. The second-order valence-electron chi connectivity index (χ2n) is 5.14. The van der Waals surface area contributed by atoms with Crippen molar-refractivity contribution in [2.75, 3.05) is 11.9 Å². The van der Waals surface area contributed by atoms with Gasteiger partial charge in [-0.2, -0.15) is 4.98 Å². The summed E-state index contributed by atoms with van der Waals surface area (Å²) < 4.78 is 18.7. The van der Waals surface area contributed by atoms with Crippen molar-refractivity contribution < 1.29 is 9.13 Å². The van der Waals surface area contributed by atoms with Crippen molar-refractivity contribution in [3.63, 3.8) is 0 Å². The lowest BCUT2D eigenvalue weighted by atomic mass is 10.1. The summed E-state index contributed by atoms with van der Waals surface area (Å²) in [6.45, 7) is 6.43. The molecule has 0 bridgehead atoms. The van der Waals surface area contributed by atoms with E-state index in [1.165, 1.54) is 12.1 Å². The minimum Gasteiger partial charge on any atom is -0.475 e. The number of nitrogens with zero attached hydrogens (tertiary/aromatic N) is 2. The van der Waals surface area contributed by atoms with Crippen molar-refractivity contribution in [1.29, 1.82) is 0 Å². The number of anilines is 1. The Labute approximate surface area is 124 Å². The van der Waals surface area contributed by atoms with Crippen LogP contribution in [-0.2, 0) is 6.42 Å². The summed E-state index contributed by atoms with van der Waals surface area (Å²) in [5, 5.41) is 3.14. The van der Waals surface area contributed by atoms with Crippen LogP contribution in [0.2, 0.25) is 0 Å². The van der Waals surface area contributed by atoms with E-state index in [4.69, 9.17) is 4.74 Å². The van der Waals surface area contributed by atoms with Gasteiger partial charge in [-0.1, -0.05) is 12.1 Å². The lowest BCUT2D eigenvalue weighted by molar-refractivity contribution is 0.232. The zero-order chi connectivity index (χ0) is 15.2. The van der Waals surface area contributed by atoms with Crippen LogP contribution in [-0.4, -0.2) is 22.6 Å². The number of aryl methyl sites for hydroxylation is 1. The van der Waals surface area contributed by atoms with E-state index in [0.29, 0.717) is 24.8 Å². The first kappa shape index (κ1) is 15.2. The molecule has 2 aromatic rings. The monoisotopic (exact) mass is 289 g/mol. The third-order valence-electron chi connectivity index (χ3n) is 2.77. The molecule has 1 aromatic heterocycles. The molecule has 2 rings (SSSR count). The minimum atomic E-state index is -0.216. The van der Waals surface area contributed by atoms with E-state index in [-0.39, 0.29) is 11.9 Å². The molecule has 5 heteroatoms. The second kappa shape index (κ2) is 7.02. The molecule has 0 aliphatic carbocycles. The highest BCUT2D eigenvalue weighted by atomic mass is 19.1. The van der Waals surface area contributed by atoms with Gasteiger partial charge < -0.3 is 10.1 Å². The average molecular weight is 289 g/mol. The predicted octanol–water partition coefficient (Wildman–Crippen LogP) is 3.37. The van der Waals surface area contributed by atoms with Gasteiger partial charge in [0.1, 0.15) is 5.82 Å². The van der Waals surface area contributed by atoms with Crippen molar-refractivity contribution in [1.82, 2.24) is 9.97 Å². The van der Waals surface area contributed by atoms with Crippen LogP contribution in [0.4, 0.5) is 10.3 Å². The van der Waals surface area contributed by atoms with Crippen molar-refractivity contribution in [3.8, 4) is 5.88 Å². The Balaban J connectivity index is 1.95. The molecular weight excluding hydrogens is 269 g/mol. The van der Waals surface area contributed by atoms with E-state index >= 15 is 0 Å². The largest absolute Gasteiger partial charge is 0.475 e. The van der Waals surface area contributed by atoms with E-state index in [1.807, 2.05) is 26.8 Å². The van der Waals surface area contributed by atoms with Gasteiger partial charge in [0.05, 0.1) is 6.10 Å². The fourth-order valence-corrected chi connectivity index (χ4v) is 1.93. The number of halogens is 1. The fraction of sp³-hybridized carbons (Fsp3) is 0.375. The zero-order valence-electron chi connectivity index (χ0n) is 12.6. The van der Waals surface area contributed by atoms with Gasteiger partial charge in [-0.25, -0.2) is 9.37 Å². The van der Waals surface area contributed by atoms with Gasteiger partial charge in [0.15, 0.2) is 0 Å². The number of hydrogen-bond donors (Lipinski definition) is 1. The van der Waals surface area contributed by atoms with E-state index < -0.39 is 0 Å². The van der Waals surface area contributed by atoms with Crippen LogP contribution in [0.1, 0.15) is 25.1 Å². The molecule has 0 unspecified atom stereocenters. The van der Waals surface area contributed by atoms with Crippen molar-refractivity contribution >= 4 is 5.95 Å². The highest BCUT2D eigenvalue weighted by Gasteiger charge is 2.05. The molecule has 0 aliphatic heterocycles. The van der Waals surface area contributed by atoms with Crippen LogP contribution >= 0.6 is 0 Å². The third-order valence-corrected chi connectivity index (χ3v) is 2.77. The summed E-state index contributed by atoms with van der Waals surface area (Å²) in [5.74, 6) is 0.875. The molecule has 0 saturated heterocycles. The van der Waals surface area contributed by atoms with Crippen molar-refractivity contribution in [2.45, 2.75) is 33.3 Å². The lowest BCUT2D eigenvalue weighted by Crippen LogP contribution is -2.12. The van der Waals surface area contributed by atoms with E-state index in [9.17, 15) is 4.39 Å². The average Bonchev–Trinajstić information content (AvgIpc) is 2.37. The van der Waals surface area contributed by atoms with Gasteiger partial charge in [-0.15, -0.1) is 0 Å². The van der Waals surface area contributed by atoms with Gasteiger partial charge in [0.2, 0.25) is 11.8 Å². The Morgan fingerprint density at radius 1 is 1.24 bits per heavy atom. The van der Waals surface area contributed by atoms with Crippen LogP contribution in [0.3, 0.4) is 0 Å². The summed E-state index contributed by atoms with van der Waals surface area (Å²) in [6, 6.07) is 8.39. The van der Waals surface area contributed by atoms with Crippen LogP contribution in [0.15, 0.2) is 30.3 Å². The molecule has 1 aromatic carbocycles. The Morgan fingerprint density at radius 2 is 2.05 bits per heavy atom. The smallest absolute Gasteiger partial charge is 0.226 e. The summed E-state index contributed by atoms with van der Waals surface area (Å²) >= 11 is 0. The highest BCUT2D eigenvalue weighted by molar-refractivity contribution is 5.31. The maximum absolute atomic E-state index is 13.1. The van der Waals surface area contributed by atoms with Gasteiger partial charge in [-0.05, 0) is 44.9 Å². The quantitative estimate of drug-likeness (QED) is 0.885. The van der Waals surface area contributed by atoms with Crippen LogP contribution in [0.5, 0.6) is 5.88 Å². The Morgan fingerprint density at radius 3 is 2.76 bits per heavy atom. The third kappa shape index (κ3) is 5.02. The van der Waals surface area contributed by atoms with Gasteiger partial charge in [0.25, 0.3) is 0 Å². The van der Waals surface area contributed by atoms with Crippen molar-refractivity contribution in [2.24, 2.45) is 0 Å². The molecule has 0 atom stereocenters. The van der Waals surface area contributed by atoms with E-state index in [2.05, 4.69) is 15.3 Å². The number of aromatic nitrogens is 2. The Bertz CT molecular complexity index is 602. The summed E-state index contributed by atoms with van der Waals surface area (Å²) in [4.78, 5) is 8.62.